The van der Waals surface area contributed by atoms with Gasteiger partial charge in [-0.3, -0.25) is 4.68 Å². The van der Waals surface area contributed by atoms with Gasteiger partial charge in [0.2, 0.25) is 0 Å². The average molecular weight is 266 g/mol. The monoisotopic (exact) mass is 266 g/mol. The fraction of sp³-hybridized carbons (Fsp3) is 0.692. The molecule has 0 radical (unpaired) electrons. The van der Waals surface area contributed by atoms with Crippen LogP contribution < -0.4 is 0 Å². The first kappa shape index (κ1) is 12.6. The molecule has 1 N–H and O–H groups in total. The SMILES string of the molecule is O=C(O)c1cnn(C2CCOC3(CCOCC3)C2)c1. The molecule has 0 aromatic carbocycles. The van der Waals surface area contributed by atoms with Gasteiger partial charge in [0, 0.05) is 26.0 Å². The van der Waals surface area contributed by atoms with Crippen molar-refractivity contribution in [1.82, 2.24) is 9.78 Å². The second-order valence-electron chi connectivity index (χ2n) is 5.30. The van der Waals surface area contributed by atoms with E-state index in [0.29, 0.717) is 6.61 Å². The largest absolute Gasteiger partial charge is 0.478 e. The lowest BCUT2D eigenvalue weighted by atomic mass is 9.84. The molecule has 3 rings (SSSR count). The predicted octanol–water partition coefficient (Wildman–Crippen LogP) is 1.48. The van der Waals surface area contributed by atoms with Crippen LogP contribution in [0.5, 0.6) is 0 Å². The molecule has 104 valence electrons. The highest BCUT2D eigenvalue weighted by atomic mass is 16.5. The summed E-state index contributed by atoms with van der Waals surface area (Å²) in [5.41, 5.74) is 0.142. The molecule has 1 aromatic rings. The molecule has 6 heteroatoms. The van der Waals surface area contributed by atoms with Crippen LogP contribution in [0.1, 0.15) is 42.1 Å². The summed E-state index contributed by atoms with van der Waals surface area (Å²) in [5, 5.41) is 13.1. The Labute approximate surface area is 111 Å². The molecule has 19 heavy (non-hydrogen) atoms. The third-order valence-corrected chi connectivity index (χ3v) is 4.09. The molecule has 3 heterocycles. The Morgan fingerprint density at radius 1 is 1.42 bits per heavy atom. The highest BCUT2D eigenvalue weighted by Gasteiger charge is 2.39. The Bertz CT molecular complexity index is 459. The van der Waals surface area contributed by atoms with Gasteiger partial charge in [-0.1, -0.05) is 0 Å². The van der Waals surface area contributed by atoms with Crippen molar-refractivity contribution >= 4 is 5.97 Å². The first-order chi connectivity index (χ1) is 9.19. The van der Waals surface area contributed by atoms with Crippen molar-refractivity contribution < 1.29 is 19.4 Å². The first-order valence-electron chi connectivity index (χ1n) is 6.68. The van der Waals surface area contributed by atoms with E-state index in [0.717, 1.165) is 38.9 Å². The van der Waals surface area contributed by atoms with Crippen LogP contribution >= 0.6 is 0 Å². The Morgan fingerprint density at radius 3 is 2.89 bits per heavy atom. The van der Waals surface area contributed by atoms with Crippen molar-refractivity contribution in [3.8, 4) is 0 Å². The van der Waals surface area contributed by atoms with Crippen LogP contribution in [-0.2, 0) is 9.47 Å². The number of nitrogens with zero attached hydrogens (tertiary/aromatic N) is 2. The molecule has 2 saturated heterocycles. The zero-order valence-electron chi connectivity index (χ0n) is 10.7. The van der Waals surface area contributed by atoms with Crippen molar-refractivity contribution in [2.45, 2.75) is 37.3 Å². The third kappa shape index (κ3) is 2.50. The zero-order valence-corrected chi connectivity index (χ0v) is 10.7. The van der Waals surface area contributed by atoms with E-state index in [2.05, 4.69) is 5.10 Å². The first-order valence-corrected chi connectivity index (χ1v) is 6.68. The van der Waals surface area contributed by atoms with Crippen LogP contribution in [0.3, 0.4) is 0 Å². The van der Waals surface area contributed by atoms with Crippen LogP contribution in [0.2, 0.25) is 0 Å². The minimum atomic E-state index is -0.931. The minimum Gasteiger partial charge on any atom is -0.478 e. The lowest BCUT2D eigenvalue weighted by Gasteiger charge is -2.43. The summed E-state index contributed by atoms with van der Waals surface area (Å²) < 4.78 is 13.1. The van der Waals surface area contributed by atoms with Crippen LogP contribution in [-0.4, -0.2) is 46.3 Å². The molecular weight excluding hydrogens is 248 g/mol. The summed E-state index contributed by atoms with van der Waals surface area (Å²) in [6, 6.07) is 0.222. The van der Waals surface area contributed by atoms with E-state index < -0.39 is 5.97 Å². The topological polar surface area (TPSA) is 73.6 Å². The molecule has 0 amide bonds. The number of hydrogen-bond donors (Lipinski definition) is 1. The number of carboxylic acid groups (broad SMARTS) is 1. The molecule has 2 aliphatic rings. The van der Waals surface area contributed by atoms with E-state index in [1.807, 2.05) is 0 Å². The number of rotatable bonds is 2. The quantitative estimate of drug-likeness (QED) is 0.877. The van der Waals surface area contributed by atoms with Gasteiger partial charge in [-0.05, 0) is 25.7 Å². The number of carboxylic acids is 1. The standard InChI is InChI=1S/C13H18N2O4/c16-12(17)10-8-14-15(9-10)11-1-4-19-13(7-11)2-5-18-6-3-13/h8-9,11H,1-7H2,(H,16,17). The molecule has 0 bridgehead atoms. The number of carbonyl (C=O) groups is 1. The van der Waals surface area contributed by atoms with Crippen molar-refractivity contribution in [3.63, 3.8) is 0 Å². The summed E-state index contributed by atoms with van der Waals surface area (Å²) in [6.07, 6.45) is 6.62. The number of aromatic carboxylic acids is 1. The van der Waals surface area contributed by atoms with Crippen LogP contribution in [0, 0.1) is 0 Å². The molecule has 2 aliphatic heterocycles. The van der Waals surface area contributed by atoms with Crippen molar-refractivity contribution in [3.05, 3.63) is 18.0 Å². The maximum absolute atomic E-state index is 10.9. The van der Waals surface area contributed by atoms with E-state index in [1.165, 1.54) is 6.20 Å². The van der Waals surface area contributed by atoms with E-state index in [-0.39, 0.29) is 17.2 Å². The summed E-state index contributed by atoms with van der Waals surface area (Å²) in [6.45, 7) is 2.19. The van der Waals surface area contributed by atoms with Gasteiger partial charge in [0.1, 0.15) is 0 Å². The van der Waals surface area contributed by atoms with Crippen LogP contribution in [0.4, 0.5) is 0 Å². The fourth-order valence-electron chi connectivity index (χ4n) is 2.97. The lowest BCUT2D eigenvalue weighted by Crippen LogP contribution is -2.44. The lowest BCUT2D eigenvalue weighted by molar-refractivity contribution is -0.145. The Hall–Kier alpha value is -1.40. The van der Waals surface area contributed by atoms with Gasteiger partial charge in [-0.2, -0.15) is 5.10 Å². The van der Waals surface area contributed by atoms with Crippen molar-refractivity contribution in [2.75, 3.05) is 19.8 Å². The number of hydrogen-bond acceptors (Lipinski definition) is 4. The third-order valence-electron chi connectivity index (χ3n) is 4.09. The van der Waals surface area contributed by atoms with Gasteiger partial charge in [0.15, 0.2) is 0 Å². The molecule has 2 fully saturated rings. The van der Waals surface area contributed by atoms with Crippen molar-refractivity contribution in [2.24, 2.45) is 0 Å². The van der Waals surface area contributed by atoms with Gasteiger partial charge in [-0.15, -0.1) is 0 Å². The van der Waals surface area contributed by atoms with E-state index >= 15 is 0 Å². The van der Waals surface area contributed by atoms with E-state index in [4.69, 9.17) is 14.6 Å². The Morgan fingerprint density at radius 2 is 2.21 bits per heavy atom. The van der Waals surface area contributed by atoms with Crippen LogP contribution in [0.15, 0.2) is 12.4 Å². The molecule has 1 aromatic heterocycles. The molecule has 0 saturated carbocycles. The smallest absolute Gasteiger partial charge is 0.338 e. The average Bonchev–Trinajstić information content (AvgIpc) is 2.89. The minimum absolute atomic E-state index is 0.101. The molecular formula is C13H18N2O4. The molecule has 0 aliphatic carbocycles. The summed E-state index contributed by atoms with van der Waals surface area (Å²) >= 11 is 0. The predicted molar refractivity (Wildman–Crippen MR) is 66.2 cm³/mol. The van der Waals surface area contributed by atoms with Crippen molar-refractivity contribution in [1.29, 1.82) is 0 Å². The van der Waals surface area contributed by atoms with E-state index in [9.17, 15) is 4.79 Å². The second kappa shape index (κ2) is 4.94. The zero-order chi connectivity index (χ0) is 13.3. The Balaban J connectivity index is 1.75. The molecule has 1 atom stereocenters. The second-order valence-corrected chi connectivity index (χ2v) is 5.30. The maximum Gasteiger partial charge on any atom is 0.338 e. The van der Waals surface area contributed by atoms with Gasteiger partial charge in [0.05, 0.1) is 23.4 Å². The normalized spacial score (nSPS) is 26.4. The van der Waals surface area contributed by atoms with E-state index in [1.54, 1.807) is 10.9 Å². The number of ether oxygens (including phenoxy) is 2. The highest BCUT2D eigenvalue weighted by molar-refractivity contribution is 5.86. The number of aromatic nitrogens is 2. The van der Waals surface area contributed by atoms with Crippen LogP contribution in [0.25, 0.3) is 0 Å². The summed E-state index contributed by atoms with van der Waals surface area (Å²) in [4.78, 5) is 10.9. The van der Waals surface area contributed by atoms with Gasteiger partial charge < -0.3 is 14.6 Å². The molecule has 1 spiro atoms. The van der Waals surface area contributed by atoms with Gasteiger partial charge in [0.25, 0.3) is 0 Å². The van der Waals surface area contributed by atoms with Gasteiger partial charge in [-0.25, -0.2) is 4.79 Å². The van der Waals surface area contributed by atoms with Gasteiger partial charge >= 0.3 is 5.97 Å². The molecule has 6 nitrogen and oxygen atoms in total. The fourth-order valence-corrected chi connectivity index (χ4v) is 2.97. The summed E-state index contributed by atoms with van der Waals surface area (Å²) in [5.74, 6) is -0.931. The summed E-state index contributed by atoms with van der Waals surface area (Å²) in [7, 11) is 0. The Kier molecular flexibility index (Phi) is 3.28. The maximum atomic E-state index is 10.9. The molecule has 1 unspecified atom stereocenters. The highest BCUT2D eigenvalue weighted by Crippen LogP contribution is 2.38.